The summed E-state index contributed by atoms with van der Waals surface area (Å²) in [6, 6.07) is 6.56. The van der Waals surface area contributed by atoms with Gasteiger partial charge in [-0.25, -0.2) is 9.18 Å². The van der Waals surface area contributed by atoms with Gasteiger partial charge >= 0.3 is 6.03 Å². The van der Waals surface area contributed by atoms with Crippen LogP contribution in [0.3, 0.4) is 0 Å². The van der Waals surface area contributed by atoms with E-state index in [1.807, 2.05) is 12.1 Å². The topological polar surface area (TPSA) is 47.6 Å². The number of benzene rings is 1. The van der Waals surface area contributed by atoms with E-state index >= 15 is 0 Å². The number of amides is 2. The van der Waals surface area contributed by atoms with Crippen molar-refractivity contribution < 1.29 is 9.18 Å². The second-order valence-corrected chi connectivity index (χ2v) is 7.76. The third-order valence-corrected chi connectivity index (χ3v) is 5.48. The van der Waals surface area contributed by atoms with Crippen LogP contribution in [-0.2, 0) is 0 Å². The normalized spacial score (nSPS) is 23.8. The van der Waals surface area contributed by atoms with Gasteiger partial charge in [-0.3, -0.25) is 0 Å². The number of hydrogen-bond acceptors (Lipinski definition) is 3. The highest BCUT2D eigenvalue weighted by Gasteiger charge is 2.23. The highest BCUT2D eigenvalue weighted by atomic mass is 19.1. The lowest BCUT2D eigenvalue weighted by Crippen LogP contribution is -2.44. The zero-order chi connectivity index (χ0) is 18.4. The highest BCUT2D eigenvalue weighted by Crippen LogP contribution is 2.23. The van der Waals surface area contributed by atoms with Gasteiger partial charge in [-0.2, -0.15) is 0 Å². The average molecular weight is 362 g/mol. The number of nitrogens with one attached hydrogen (secondary N) is 2. The predicted molar refractivity (Wildman–Crippen MR) is 103 cm³/mol. The van der Waals surface area contributed by atoms with Crippen molar-refractivity contribution in [1.29, 1.82) is 0 Å². The van der Waals surface area contributed by atoms with Gasteiger partial charge < -0.3 is 20.4 Å². The molecular weight excluding hydrogens is 331 g/mol. The maximum atomic E-state index is 13.0. The van der Waals surface area contributed by atoms with Gasteiger partial charge in [-0.15, -0.1) is 0 Å². The van der Waals surface area contributed by atoms with Crippen LogP contribution in [0.15, 0.2) is 24.3 Å². The summed E-state index contributed by atoms with van der Waals surface area (Å²) in [7, 11) is 0. The van der Waals surface area contributed by atoms with Crippen molar-refractivity contribution in [2.75, 3.05) is 50.7 Å². The van der Waals surface area contributed by atoms with Gasteiger partial charge in [0, 0.05) is 45.0 Å². The number of halogens is 1. The molecule has 0 radical (unpaired) electrons. The minimum Gasteiger partial charge on any atom is -0.371 e. The molecule has 0 bridgehead atoms. The molecule has 0 saturated carbocycles. The number of carbonyl (C=O) groups is 1. The molecule has 3 rings (SSSR count). The van der Waals surface area contributed by atoms with Crippen LogP contribution in [0, 0.1) is 17.7 Å². The lowest BCUT2D eigenvalue weighted by atomic mass is 10.0. The van der Waals surface area contributed by atoms with Gasteiger partial charge in [0.05, 0.1) is 0 Å². The van der Waals surface area contributed by atoms with E-state index in [9.17, 15) is 9.18 Å². The van der Waals surface area contributed by atoms with Crippen LogP contribution in [0.4, 0.5) is 14.9 Å². The molecule has 0 aromatic heterocycles. The number of piperidine rings is 1. The molecule has 2 heterocycles. The van der Waals surface area contributed by atoms with Crippen LogP contribution >= 0.6 is 0 Å². The molecule has 2 fully saturated rings. The minimum atomic E-state index is -0.207. The van der Waals surface area contributed by atoms with E-state index in [0.717, 1.165) is 50.7 Å². The van der Waals surface area contributed by atoms with E-state index in [0.29, 0.717) is 19.0 Å². The fourth-order valence-corrected chi connectivity index (χ4v) is 4.00. The van der Waals surface area contributed by atoms with Crippen LogP contribution in [0.2, 0.25) is 0 Å². The Labute approximate surface area is 155 Å². The molecule has 26 heavy (non-hydrogen) atoms. The lowest BCUT2D eigenvalue weighted by Gasteiger charge is -2.30. The van der Waals surface area contributed by atoms with E-state index in [2.05, 4.69) is 27.4 Å². The standard InChI is InChI=1S/C20H31FN4O/c1-16-3-2-10-24(14-16)12-9-22-20(26)23-13-17-8-11-25(15-17)19-6-4-18(21)5-7-19/h4-7,16-17H,2-3,8-15H2,1H3,(H2,22,23,26)/t16-,17-/m0/s1. The molecule has 0 aliphatic carbocycles. The first kappa shape index (κ1) is 19.0. The molecule has 1 aromatic rings. The Bertz CT molecular complexity index is 580. The zero-order valence-corrected chi connectivity index (χ0v) is 15.7. The van der Waals surface area contributed by atoms with E-state index in [1.165, 1.54) is 25.0 Å². The van der Waals surface area contributed by atoms with Crippen LogP contribution in [0.5, 0.6) is 0 Å². The third kappa shape index (κ3) is 5.59. The van der Waals surface area contributed by atoms with Gasteiger partial charge in [0.25, 0.3) is 0 Å². The van der Waals surface area contributed by atoms with Crippen molar-refractivity contribution in [3.05, 3.63) is 30.1 Å². The Kier molecular flexibility index (Phi) is 6.72. The number of hydrogen-bond donors (Lipinski definition) is 2. The van der Waals surface area contributed by atoms with Crippen molar-refractivity contribution in [2.45, 2.75) is 26.2 Å². The summed E-state index contributed by atoms with van der Waals surface area (Å²) < 4.78 is 13.0. The molecule has 2 saturated heterocycles. The van der Waals surface area contributed by atoms with Crippen molar-refractivity contribution in [2.24, 2.45) is 11.8 Å². The second kappa shape index (κ2) is 9.21. The van der Waals surface area contributed by atoms with Crippen LogP contribution in [0.1, 0.15) is 26.2 Å². The van der Waals surface area contributed by atoms with Crippen molar-refractivity contribution in [3.8, 4) is 0 Å². The fourth-order valence-electron chi connectivity index (χ4n) is 4.00. The minimum absolute atomic E-state index is 0.0738. The van der Waals surface area contributed by atoms with Crippen molar-refractivity contribution in [1.82, 2.24) is 15.5 Å². The summed E-state index contributed by atoms with van der Waals surface area (Å²) in [4.78, 5) is 16.7. The van der Waals surface area contributed by atoms with E-state index < -0.39 is 0 Å². The maximum Gasteiger partial charge on any atom is 0.314 e. The second-order valence-electron chi connectivity index (χ2n) is 7.76. The quantitative estimate of drug-likeness (QED) is 0.818. The molecule has 0 unspecified atom stereocenters. The Hall–Kier alpha value is -1.82. The van der Waals surface area contributed by atoms with Crippen LogP contribution < -0.4 is 15.5 Å². The Balaban J connectivity index is 1.30. The van der Waals surface area contributed by atoms with Gasteiger partial charge in [-0.1, -0.05) is 6.92 Å². The van der Waals surface area contributed by atoms with E-state index in [1.54, 1.807) is 0 Å². The monoisotopic (exact) mass is 362 g/mol. The summed E-state index contributed by atoms with van der Waals surface area (Å²) in [5.41, 5.74) is 1.05. The molecule has 144 valence electrons. The molecule has 2 amide bonds. The smallest absolute Gasteiger partial charge is 0.314 e. The van der Waals surface area contributed by atoms with Crippen molar-refractivity contribution >= 4 is 11.7 Å². The molecule has 5 nitrogen and oxygen atoms in total. The summed E-state index contributed by atoms with van der Waals surface area (Å²) >= 11 is 0. The van der Waals surface area contributed by atoms with Gasteiger partial charge in [0.1, 0.15) is 5.82 Å². The Morgan fingerprint density at radius 1 is 1.15 bits per heavy atom. The van der Waals surface area contributed by atoms with E-state index in [4.69, 9.17) is 0 Å². The first-order valence-corrected chi connectivity index (χ1v) is 9.84. The number of urea groups is 1. The molecule has 0 spiro atoms. The molecule has 2 N–H and O–H groups in total. The SMILES string of the molecule is C[C@H]1CCCN(CCNC(=O)NC[C@@H]2CCN(c3ccc(F)cc3)C2)C1. The average Bonchev–Trinajstić information content (AvgIpc) is 3.10. The van der Waals surface area contributed by atoms with Gasteiger partial charge in [0.2, 0.25) is 0 Å². The molecule has 2 aliphatic rings. The number of carbonyl (C=O) groups excluding carboxylic acids is 1. The Morgan fingerprint density at radius 2 is 1.96 bits per heavy atom. The summed E-state index contributed by atoms with van der Waals surface area (Å²) in [6.07, 6.45) is 3.63. The van der Waals surface area contributed by atoms with E-state index in [-0.39, 0.29) is 11.8 Å². The predicted octanol–water partition coefficient (Wildman–Crippen LogP) is 2.68. The fraction of sp³-hybridized carbons (Fsp3) is 0.650. The number of rotatable bonds is 6. The number of nitrogens with zero attached hydrogens (tertiary/aromatic N) is 2. The third-order valence-electron chi connectivity index (χ3n) is 5.48. The number of likely N-dealkylation sites (tertiary alicyclic amines) is 1. The number of anilines is 1. The first-order chi connectivity index (χ1) is 12.6. The summed E-state index contributed by atoms with van der Waals surface area (Å²) in [6.45, 7) is 8.75. The Morgan fingerprint density at radius 3 is 2.73 bits per heavy atom. The lowest BCUT2D eigenvalue weighted by molar-refractivity contribution is 0.183. The highest BCUT2D eigenvalue weighted by molar-refractivity contribution is 5.73. The molecule has 2 aliphatic heterocycles. The van der Waals surface area contributed by atoms with Crippen molar-refractivity contribution in [3.63, 3.8) is 0 Å². The summed E-state index contributed by atoms with van der Waals surface area (Å²) in [5, 5.41) is 5.97. The van der Waals surface area contributed by atoms with Crippen LogP contribution in [-0.4, -0.2) is 56.7 Å². The maximum absolute atomic E-state index is 13.0. The summed E-state index contributed by atoms with van der Waals surface area (Å²) in [5.74, 6) is 1.000. The molecule has 6 heteroatoms. The largest absolute Gasteiger partial charge is 0.371 e. The molecule has 1 aromatic carbocycles. The first-order valence-electron chi connectivity index (χ1n) is 9.84. The molecule has 2 atom stereocenters. The molecular formula is C20H31FN4O. The van der Waals surface area contributed by atoms with Gasteiger partial charge in [0.15, 0.2) is 0 Å². The van der Waals surface area contributed by atoms with Gasteiger partial charge in [-0.05, 0) is 61.9 Å². The zero-order valence-electron chi connectivity index (χ0n) is 15.7. The van der Waals surface area contributed by atoms with Crippen LogP contribution in [0.25, 0.3) is 0 Å².